The van der Waals surface area contributed by atoms with Crippen LogP contribution in [0.15, 0.2) is 84.6 Å². The number of nitrogens with zero attached hydrogens (tertiary/aromatic N) is 1. The van der Waals surface area contributed by atoms with E-state index in [1.807, 2.05) is 12.2 Å². The zero-order valence-corrected chi connectivity index (χ0v) is 13.5. The van der Waals surface area contributed by atoms with Crippen LogP contribution in [0.3, 0.4) is 0 Å². The molecule has 0 saturated carbocycles. The lowest BCUT2D eigenvalue weighted by atomic mass is 9.96. The summed E-state index contributed by atoms with van der Waals surface area (Å²) in [6.07, 6.45) is 8.34. The van der Waals surface area contributed by atoms with Gasteiger partial charge in [0, 0.05) is 13.2 Å². The second kappa shape index (κ2) is 5.97. The molecular weight excluding hydrogens is 297 g/mol. The fraction of sp³-hybridized carbons (Fsp3) is 0.0909. The minimum atomic E-state index is -1.07. The van der Waals surface area contributed by atoms with E-state index in [0.717, 1.165) is 5.57 Å². The summed E-state index contributed by atoms with van der Waals surface area (Å²) in [7, 11) is 1.73. The maximum absolute atomic E-state index is 13.8. The molecule has 1 aliphatic heterocycles. The van der Waals surface area contributed by atoms with Gasteiger partial charge in [-0.2, -0.15) is 0 Å². The van der Waals surface area contributed by atoms with Gasteiger partial charge in [0.25, 0.3) is 0 Å². The lowest BCUT2D eigenvalue weighted by Crippen LogP contribution is -2.22. The Morgan fingerprint density at radius 2 is 1.54 bits per heavy atom. The van der Waals surface area contributed by atoms with Gasteiger partial charge in [0.05, 0.1) is 0 Å². The van der Waals surface area contributed by atoms with E-state index in [2.05, 4.69) is 60.7 Å². The molecule has 0 N–H and O–H groups in total. The van der Waals surface area contributed by atoms with Crippen molar-refractivity contribution >= 4 is 27.6 Å². The van der Waals surface area contributed by atoms with Crippen LogP contribution in [0.1, 0.15) is 5.56 Å². The number of hydrogen-bond acceptors (Lipinski definition) is 1. The average Bonchev–Trinajstić information content (AvgIpc) is 2.61. The lowest BCUT2D eigenvalue weighted by molar-refractivity contribution is 0.207. The summed E-state index contributed by atoms with van der Waals surface area (Å²) in [6, 6.07) is 19.0. The smallest absolute Gasteiger partial charge is 0.191 e. The van der Waals surface area contributed by atoms with Crippen molar-refractivity contribution in [2.45, 2.75) is 6.30 Å². The summed E-state index contributed by atoms with van der Waals surface area (Å²) in [5.41, 5.74) is 2.06. The monoisotopic (exact) mass is 315 g/mol. The third kappa shape index (κ3) is 2.61. The molecule has 0 aliphatic carbocycles. The first kappa shape index (κ1) is 14.7. The van der Waals surface area contributed by atoms with Crippen LogP contribution in [-0.2, 0) is 0 Å². The molecule has 1 nitrogen and oxygen atoms in total. The zero-order chi connectivity index (χ0) is 16.5. The standard InChI is InChI=1S/C22H18FN/c1-24-13-12-16(14-22(24)23)10-11-21-19-8-4-2-6-17(19)15-18-7-3-5-9-20(18)21/h2-15,22H,1H3/b11-10+. The second-order valence-corrected chi connectivity index (χ2v) is 6.09. The number of alkyl halides is 1. The van der Waals surface area contributed by atoms with Crippen molar-refractivity contribution in [3.05, 3.63) is 90.2 Å². The number of likely N-dealkylation sites (N-methyl/N-ethyl adjacent to an activating group) is 1. The molecule has 118 valence electrons. The van der Waals surface area contributed by atoms with Crippen LogP contribution in [0, 0.1) is 0 Å². The molecule has 3 aromatic rings. The molecule has 4 rings (SSSR count). The minimum Gasteiger partial charge on any atom is -0.348 e. The Kier molecular flexibility index (Phi) is 3.66. The quantitative estimate of drug-likeness (QED) is 0.434. The van der Waals surface area contributed by atoms with Crippen LogP contribution >= 0.6 is 0 Å². The highest BCUT2D eigenvalue weighted by Crippen LogP contribution is 2.30. The first-order valence-electron chi connectivity index (χ1n) is 8.07. The van der Waals surface area contributed by atoms with Gasteiger partial charge in [-0.15, -0.1) is 0 Å². The Morgan fingerprint density at radius 1 is 0.917 bits per heavy atom. The highest BCUT2D eigenvalue weighted by molar-refractivity contribution is 6.06. The fourth-order valence-corrected chi connectivity index (χ4v) is 3.14. The molecule has 1 unspecified atom stereocenters. The number of rotatable bonds is 2. The summed E-state index contributed by atoms with van der Waals surface area (Å²) in [5, 5.41) is 4.85. The molecule has 0 spiro atoms. The summed E-state index contributed by atoms with van der Waals surface area (Å²) < 4.78 is 13.8. The molecule has 0 amide bonds. The molecule has 1 heterocycles. The van der Waals surface area contributed by atoms with Gasteiger partial charge in [-0.1, -0.05) is 60.7 Å². The average molecular weight is 315 g/mol. The molecule has 1 aliphatic rings. The van der Waals surface area contributed by atoms with E-state index < -0.39 is 6.30 Å². The molecule has 1 atom stereocenters. The van der Waals surface area contributed by atoms with Gasteiger partial charge in [0.2, 0.25) is 0 Å². The molecule has 0 fully saturated rings. The van der Waals surface area contributed by atoms with Crippen molar-refractivity contribution in [2.75, 3.05) is 7.05 Å². The van der Waals surface area contributed by atoms with E-state index in [4.69, 9.17) is 0 Å². The summed E-state index contributed by atoms with van der Waals surface area (Å²) in [4.78, 5) is 1.55. The van der Waals surface area contributed by atoms with Crippen molar-refractivity contribution < 1.29 is 4.39 Å². The summed E-state index contributed by atoms with van der Waals surface area (Å²) in [5.74, 6) is 0. The number of benzene rings is 3. The Balaban J connectivity index is 1.87. The topological polar surface area (TPSA) is 3.24 Å². The van der Waals surface area contributed by atoms with Crippen LogP contribution in [0.4, 0.5) is 4.39 Å². The van der Waals surface area contributed by atoms with Gasteiger partial charge in [-0.3, -0.25) is 0 Å². The highest BCUT2D eigenvalue weighted by Gasteiger charge is 2.10. The third-order valence-corrected chi connectivity index (χ3v) is 4.48. The van der Waals surface area contributed by atoms with Crippen molar-refractivity contribution in [1.82, 2.24) is 4.90 Å². The normalized spacial score (nSPS) is 17.8. The van der Waals surface area contributed by atoms with Gasteiger partial charge < -0.3 is 4.90 Å². The molecular formula is C22H18FN. The summed E-state index contributed by atoms with van der Waals surface area (Å²) >= 11 is 0. The first-order valence-corrected chi connectivity index (χ1v) is 8.07. The van der Waals surface area contributed by atoms with Crippen LogP contribution in [0.5, 0.6) is 0 Å². The maximum Gasteiger partial charge on any atom is 0.191 e. The molecule has 0 saturated heterocycles. The van der Waals surface area contributed by atoms with E-state index in [1.54, 1.807) is 24.2 Å². The molecule has 3 aromatic carbocycles. The third-order valence-electron chi connectivity index (χ3n) is 4.48. The fourth-order valence-electron chi connectivity index (χ4n) is 3.14. The van der Waals surface area contributed by atoms with E-state index in [1.165, 1.54) is 27.1 Å². The largest absolute Gasteiger partial charge is 0.348 e. The molecule has 0 radical (unpaired) electrons. The highest BCUT2D eigenvalue weighted by atomic mass is 19.1. The first-order chi connectivity index (χ1) is 11.7. The zero-order valence-electron chi connectivity index (χ0n) is 13.5. The van der Waals surface area contributed by atoms with E-state index in [0.29, 0.717) is 0 Å². The Labute approximate surface area is 141 Å². The van der Waals surface area contributed by atoms with Crippen LogP contribution in [0.25, 0.3) is 27.6 Å². The number of halogens is 1. The van der Waals surface area contributed by atoms with Crippen LogP contribution in [-0.4, -0.2) is 18.2 Å². The number of fused-ring (bicyclic) bond motifs is 2. The van der Waals surface area contributed by atoms with E-state index in [-0.39, 0.29) is 0 Å². The van der Waals surface area contributed by atoms with Gasteiger partial charge >= 0.3 is 0 Å². The predicted octanol–water partition coefficient (Wildman–Crippen LogP) is 5.69. The maximum atomic E-state index is 13.8. The SMILES string of the molecule is CN1C=CC(/C=C/c2c3ccccc3cc3ccccc23)=CC1F. The Hall–Kier alpha value is -2.87. The number of allylic oxidation sites excluding steroid dienone is 3. The van der Waals surface area contributed by atoms with Crippen molar-refractivity contribution in [3.8, 4) is 0 Å². The molecule has 24 heavy (non-hydrogen) atoms. The van der Waals surface area contributed by atoms with Crippen LogP contribution in [0.2, 0.25) is 0 Å². The Morgan fingerprint density at radius 3 is 2.17 bits per heavy atom. The minimum absolute atomic E-state index is 0.887. The van der Waals surface area contributed by atoms with Gasteiger partial charge in [-0.25, -0.2) is 4.39 Å². The molecule has 2 heteroatoms. The second-order valence-electron chi connectivity index (χ2n) is 6.09. The predicted molar refractivity (Wildman–Crippen MR) is 100 cm³/mol. The van der Waals surface area contributed by atoms with Crippen molar-refractivity contribution in [1.29, 1.82) is 0 Å². The van der Waals surface area contributed by atoms with Gasteiger partial charge in [0.1, 0.15) is 0 Å². The van der Waals surface area contributed by atoms with Crippen molar-refractivity contribution in [2.24, 2.45) is 0 Å². The summed E-state index contributed by atoms with van der Waals surface area (Å²) in [6.45, 7) is 0. The van der Waals surface area contributed by atoms with E-state index in [9.17, 15) is 4.39 Å². The van der Waals surface area contributed by atoms with Gasteiger partial charge in [0.15, 0.2) is 6.30 Å². The van der Waals surface area contributed by atoms with E-state index >= 15 is 0 Å². The van der Waals surface area contributed by atoms with Crippen molar-refractivity contribution in [3.63, 3.8) is 0 Å². The lowest BCUT2D eigenvalue weighted by Gasteiger charge is -2.20. The van der Waals surface area contributed by atoms with Crippen LogP contribution < -0.4 is 0 Å². The molecule has 0 bridgehead atoms. The Bertz CT molecular complexity index is 943. The molecule has 0 aromatic heterocycles. The number of hydrogen-bond donors (Lipinski definition) is 0. The van der Waals surface area contributed by atoms with Gasteiger partial charge in [-0.05, 0) is 50.9 Å².